The highest BCUT2D eigenvalue weighted by atomic mass is 16.4. The second-order valence-corrected chi connectivity index (χ2v) is 6.68. The van der Waals surface area contributed by atoms with Crippen molar-refractivity contribution in [2.24, 2.45) is 5.16 Å². The van der Waals surface area contributed by atoms with Gasteiger partial charge in [0.2, 0.25) is 0 Å². The first kappa shape index (κ1) is 16.5. The molecule has 2 heterocycles. The van der Waals surface area contributed by atoms with Crippen LogP contribution in [-0.2, 0) is 19.4 Å². The Morgan fingerprint density at radius 2 is 1.92 bits per heavy atom. The number of anilines is 1. The predicted octanol–water partition coefficient (Wildman–Crippen LogP) is 3.32. The molecule has 0 saturated carbocycles. The van der Waals surface area contributed by atoms with Gasteiger partial charge in [-0.25, -0.2) is 4.57 Å². The number of hydrogen-bond acceptors (Lipinski definition) is 4. The van der Waals surface area contributed by atoms with E-state index in [9.17, 15) is 0 Å². The summed E-state index contributed by atoms with van der Waals surface area (Å²) in [4.78, 5) is 4.89. The molecule has 132 valence electrons. The van der Waals surface area contributed by atoms with Crippen LogP contribution < -0.4 is 9.88 Å². The van der Waals surface area contributed by atoms with Crippen LogP contribution in [0.15, 0.2) is 53.9 Å². The number of rotatable bonds is 5. The van der Waals surface area contributed by atoms with Gasteiger partial charge in [-0.2, -0.15) is 0 Å². The quantitative estimate of drug-likeness (QED) is 0.322. The van der Waals surface area contributed by atoms with Gasteiger partial charge in [0.25, 0.3) is 0 Å². The normalized spacial score (nSPS) is 13.8. The monoisotopic (exact) mass is 347 g/mol. The molecule has 2 aromatic heterocycles. The van der Waals surface area contributed by atoms with Crippen LogP contribution in [0.4, 0.5) is 5.69 Å². The maximum atomic E-state index is 8.59. The van der Waals surface area contributed by atoms with Crippen LogP contribution in [0.1, 0.15) is 29.7 Å². The number of aromatic nitrogens is 2. The molecule has 0 amide bonds. The van der Waals surface area contributed by atoms with E-state index in [1.54, 1.807) is 0 Å². The highest BCUT2D eigenvalue weighted by Crippen LogP contribution is 2.33. The minimum atomic E-state index is 0.846. The first-order chi connectivity index (χ1) is 12.8. The van der Waals surface area contributed by atoms with Gasteiger partial charge < -0.3 is 10.5 Å². The lowest BCUT2D eigenvalue weighted by Crippen LogP contribution is -2.36. The molecule has 1 aliphatic carbocycles. The number of fused-ring (bicyclic) bond motifs is 2. The van der Waals surface area contributed by atoms with Gasteiger partial charge in [0.05, 0.1) is 18.3 Å². The van der Waals surface area contributed by atoms with Crippen molar-refractivity contribution in [3.05, 3.63) is 65.6 Å². The van der Waals surface area contributed by atoms with Crippen molar-refractivity contribution in [3.8, 4) is 0 Å². The Labute approximate surface area is 153 Å². The summed E-state index contributed by atoms with van der Waals surface area (Å²) in [5.74, 6) is 0. The Morgan fingerprint density at radius 1 is 1.12 bits per heavy atom. The van der Waals surface area contributed by atoms with Crippen LogP contribution >= 0.6 is 0 Å². The average molecular weight is 347 g/mol. The fourth-order valence-corrected chi connectivity index (χ4v) is 3.66. The first-order valence-electron chi connectivity index (χ1n) is 9.16. The zero-order chi connectivity index (χ0) is 17.8. The lowest BCUT2D eigenvalue weighted by atomic mass is 9.92. The molecule has 1 aromatic carbocycles. The van der Waals surface area contributed by atoms with Crippen molar-refractivity contribution < 1.29 is 9.77 Å². The number of benzene rings is 1. The summed E-state index contributed by atoms with van der Waals surface area (Å²) in [6.45, 7) is 1.71. The SMILES string of the molecule is O/N=C/c1cc[n+](CCNc2c3c(nc4ccccc24)CCCC3)cc1. The van der Waals surface area contributed by atoms with Crippen molar-refractivity contribution >= 4 is 22.8 Å². The summed E-state index contributed by atoms with van der Waals surface area (Å²) in [5, 5.41) is 16.5. The molecule has 0 atom stereocenters. The van der Waals surface area contributed by atoms with E-state index in [-0.39, 0.29) is 0 Å². The second-order valence-electron chi connectivity index (χ2n) is 6.68. The smallest absolute Gasteiger partial charge is 0.169 e. The third-order valence-electron chi connectivity index (χ3n) is 4.96. The fraction of sp³-hybridized carbons (Fsp3) is 0.286. The molecule has 0 fully saturated rings. The topological polar surface area (TPSA) is 61.4 Å². The van der Waals surface area contributed by atoms with Crippen LogP contribution in [0.3, 0.4) is 0 Å². The zero-order valence-electron chi connectivity index (χ0n) is 14.7. The van der Waals surface area contributed by atoms with Crippen molar-refractivity contribution in [1.29, 1.82) is 0 Å². The summed E-state index contributed by atoms with van der Waals surface area (Å²) in [7, 11) is 0. The van der Waals surface area contributed by atoms with E-state index in [4.69, 9.17) is 10.2 Å². The molecule has 0 radical (unpaired) electrons. The standard InChI is InChI=1S/C21H22N4O/c26-23-15-16-9-12-25(13-10-16)14-11-22-21-17-5-1-3-7-19(17)24-20-8-4-2-6-18(20)21/h1,3,5,7,9-10,12-13,15H,2,4,6,8,11,14H2,(H,22,24)/p+1. The number of aryl methyl sites for hydroxylation is 1. The number of hydrogen-bond donors (Lipinski definition) is 2. The molecule has 0 spiro atoms. The molecule has 2 N–H and O–H groups in total. The van der Waals surface area contributed by atoms with Crippen LogP contribution in [-0.4, -0.2) is 23.0 Å². The number of oxime groups is 1. The van der Waals surface area contributed by atoms with Crippen molar-refractivity contribution in [2.45, 2.75) is 32.2 Å². The predicted molar refractivity (Wildman–Crippen MR) is 103 cm³/mol. The molecule has 4 rings (SSSR count). The molecule has 5 nitrogen and oxygen atoms in total. The Balaban J connectivity index is 1.55. The van der Waals surface area contributed by atoms with E-state index < -0.39 is 0 Å². The highest BCUT2D eigenvalue weighted by Gasteiger charge is 2.18. The van der Waals surface area contributed by atoms with E-state index in [0.29, 0.717) is 0 Å². The summed E-state index contributed by atoms with van der Waals surface area (Å²) >= 11 is 0. The molecule has 3 aromatic rings. The third kappa shape index (κ3) is 3.38. The van der Waals surface area contributed by atoms with E-state index in [1.165, 1.54) is 41.4 Å². The third-order valence-corrected chi connectivity index (χ3v) is 4.96. The Bertz CT molecular complexity index is 935. The van der Waals surface area contributed by atoms with Gasteiger partial charge in [0.1, 0.15) is 0 Å². The van der Waals surface area contributed by atoms with Crippen molar-refractivity contribution in [3.63, 3.8) is 0 Å². The van der Waals surface area contributed by atoms with Gasteiger partial charge in [-0.05, 0) is 37.3 Å². The minimum Gasteiger partial charge on any atom is -0.411 e. The second kappa shape index (κ2) is 7.52. The molecule has 26 heavy (non-hydrogen) atoms. The van der Waals surface area contributed by atoms with Gasteiger partial charge in [-0.1, -0.05) is 23.4 Å². The minimum absolute atomic E-state index is 0.846. The van der Waals surface area contributed by atoms with Crippen LogP contribution in [0.5, 0.6) is 0 Å². The maximum absolute atomic E-state index is 8.59. The number of pyridine rings is 2. The summed E-state index contributed by atoms with van der Waals surface area (Å²) in [6, 6.07) is 12.3. The van der Waals surface area contributed by atoms with Crippen molar-refractivity contribution in [2.75, 3.05) is 11.9 Å². The first-order valence-corrected chi connectivity index (χ1v) is 9.16. The number of para-hydroxylation sites is 1. The number of nitrogens with zero attached hydrogens (tertiary/aromatic N) is 3. The molecular weight excluding hydrogens is 324 g/mol. The van der Waals surface area contributed by atoms with Crippen molar-refractivity contribution in [1.82, 2.24) is 4.98 Å². The Kier molecular flexibility index (Phi) is 4.78. The summed E-state index contributed by atoms with van der Waals surface area (Å²) in [5.41, 5.74) is 5.88. The molecule has 0 aliphatic heterocycles. The van der Waals surface area contributed by atoms with Gasteiger partial charge >= 0.3 is 0 Å². The summed E-state index contributed by atoms with van der Waals surface area (Å²) in [6.07, 6.45) is 10.1. The van der Waals surface area contributed by atoms with Crippen LogP contribution in [0.25, 0.3) is 10.9 Å². The molecule has 0 unspecified atom stereocenters. The molecule has 0 bridgehead atoms. The van der Waals surface area contributed by atoms with E-state index in [0.717, 1.165) is 37.0 Å². The van der Waals surface area contributed by atoms with E-state index >= 15 is 0 Å². The zero-order valence-corrected chi connectivity index (χ0v) is 14.7. The Morgan fingerprint density at radius 3 is 2.77 bits per heavy atom. The van der Waals surface area contributed by atoms with Gasteiger partial charge in [-0.3, -0.25) is 4.98 Å². The van der Waals surface area contributed by atoms with Gasteiger partial charge in [0.15, 0.2) is 18.9 Å². The average Bonchev–Trinajstić information content (AvgIpc) is 2.69. The van der Waals surface area contributed by atoms with Crippen LogP contribution in [0, 0.1) is 0 Å². The van der Waals surface area contributed by atoms with Gasteiger partial charge in [-0.15, -0.1) is 0 Å². The lowest BCUT2D eigenvalue weighted by molar-refractivity contribution is -0.694. The molecule has 1 aliphatic rings. The molecule has 0 saturated heterocycles. The fourth-order valence-electron chi connectivity index (χ4n) is 3.66. The molecule has 5 heteroatoms. The Hall–Kier alpha value is -2.95. The molecular formula is C21H23N4O+. The maximum Gasteiger partial charge on any atom is 0.169 e. The largest absolute Gasteiger partial charge is 0.411 e. The summed E-state index contributed by atoms with van der Waals surface area (Å²) < 4.78 is 2.12. The highest BCUT2D eigenvalue weighted by molar-refractivity contribution is 5.93. The lowest BCUT2D eigenvalue weighted by Gasteiger charge is -2.21. The van der Waals surface area contributed by atoms with E-state index in [1.807, 2.05) is 24.5 Å². The van der Waals surface area contributed by atoms with Gasteiger partial charge in [0, 0.05) is 34.5 Å². The number of nitrogens with one attached hydrogen (secondary N) is 1. The van der Waals surface area contributed by atoms with Crippen LogP contribution in [0.2, 0.25) is 0 Å². The van der Waals surface area contributed by atoms with E-state index in [2.05, 4.69) is 39.3 Å².